The lowest BCUT2D eigenvalue weighted by atomic mass is 9.88. The molecule has 2 heterocycles. The Morgan fingerprint density at radius 1 is 1.56 bits per heavy atom. The zero-order valence-corrected chi connectivity index (χ0v) is 10.8. The Bertz CT molecular complexity index is 254. The number of nitrogens with one attached hydrogen (secondary N) is 1. The summed E-state index contributed by atoms with van der Waals surface area (Å²) >= 11 is 0. The van der Waals surface area contributed by atoms with Crippen LogP contribution in [0.1, 0.15) is 20.3 Å². The highest BCUT2D eigenvalue weighted by Crippen LogP contribution is 2.27. The molecule has 0 aromatic heterocycles. The molecule has 0 bridgehead atoms. The van der Waals surface area contributed by atoms with Gasteiger partial charge in [0.2, 0.25) is 5.91 Å². The van der Waals surface area contributed by atoms with Crippen LogP contribution < -0.4 is 5.32 Å². The molecular weight excluding hydrogens is 228 g/mol. The van der Waals surface area contributed by atoms with Gasteiger partial charge < -0.3 is 15.0 Å². The van der Waals surface area contributed by atoms with Gasteiger partial charge in [0.05, 0.1) is 18.1 Å². The maximum Gasteiger partial charge on any atom is 0.230 e. The van der Waals surface area contributed by atoms with Crippen molar-refractivity contribution < 1.29 is 9.53 Å². The minimum Gasteiger partial charge on any atom is -0.375 e. The van der Waals surface area contributed by atoms with E-state index >= 15 is 0 Å². The van der Waals surface area contributed by atoms with E-state index in [0.29, 0.717) is 12.5 Å². The monoisotopic (exact) mass is 248 g/mol. The van der Waals surface area contributed by atoms with E-state index in [1.54, 1.807) is 0 Å². The van der Waals surface area contributed by atoms with Gasteiger partial charge in [-0.3, -0.25) is 4.79 Å². The summed E-state index contributed by atoms with van der Waals surface area (Å²) in [4.78, 5) is 14.3. The maximum atomic E-state index is 12.3. The van der Waals surface area contributed by atoms with Crippen molar-refractivity contribution in [3.63, 3.8) is 0 Å². The van der Waals surface area contributed by atoms with E-state index in [4.69, 9.17) is 4.74 Å². The molecule has 0 aromatic rings. The number of hydrogen-bond acceptors (Lipinski definition) is 3. The van der Waals surface area contributed by atoms with Crippen molar-refractivity contribution in [2.75, 3.05) is 32.8 Å². The molecule has 2 rings (SSSR count). The van der Waals surface area contributed by atoms with E-state index in [-0.39, 0.29) is 23.9 Å². The second kappa shape index (κ2) is 5.34. The van der Waals surface area contributed by atoms with Crippen LogP contribution in [0, 0.1) is 5.41 Å². The van der Waals surface area contributed by atoms with Crippen molar-refractivity contribution in [3.8, 4) is 0 Å². The largest absolute Gasteiger partial charge is 0.375 e. The van der Waals surface area contributed by atoms with Crippen LogP contribution in [0.3, 0.4) is 0 Å². The van der Waals surface area contributed by atoms with Gasteiger partial charge in [-0.2, -0.15) is 0 Å². The average Bonchev–Trinajstić information content (AvgIpc) is 2.65. The van der Waals surface area contributed by atoms with Gasteiger partial charge in [-0.1, -0.05) is 0 Å². The number of carbonyl (C=O) groups excluding carboxylic acids is 1. The third kappa shape index (κ3) is 2.67. The van der Waals surface area contributed by atoms with Crippen molar-refractivity contribution in [2.24, 2.45) is 5.41 Å². The van der Waals surface area contributed by atoms with Gasteiger partial charge in [-0.05, 0) is 26.8 Å². The second-order valence-electron chi connectivity index (χ2n) is 4.92. The van der Waals surface area contributed by atoms with Crippen LogP contribution in [-0.4, -0.2) is 49.7 Å². The fraction of sp³-hybridized carbons (Fsp3) is 0.909. The van der Waals surface area contributed by atoms with Gasteiger partial charge in [0, 0.05) is 19.6 Å². The summed E-state index contributed by atoms with van der Waals surface area (Å²) in [6, 6.07) is 0. The molecule has 16 heavy (non-hydrogen) atoms. The lowest BCUT2D eigenvalue weighted by molar-refractivity contribution is -0.147. The van der Waals surface area contributed by atoms with Crippen molar-refractivity contribution in [3.05, 3.63) is 0 Å². The number of halogens is 1. The first kappa shape index (κ1) is 13.7. The molecule has 4 nitrogen and oxygen atoms in total. The maximum absolute atomic E-state index is 12.3. The van der Waals surface area contributed by atoms with Gasteiger partial charge >= 0.3 is 0 Å². The first-order valence-electron chi connectivity index (χ1n) is 5.73. The second-order valence-corrected chi connectivity index (χ2v) is 4.92. The molecule has 2 aliphatic heterocycles. The average molecular weight is 249 g/mol. The topological polar surface area (TPSA) is 41.6 Å². The first-order valence-corrected chi connectivity index (χ1v) is 5.73. The highest BCUT2D eigenvalue weighted by Gasteiger charge is 2.40. The molecule has 0 saturated carbocycles. The van der Waals surface area contributed by atoms with Crippen LogP contribution in [-0.2, 0) is 9.53 Å². The van der Waals surface area contributed by atoms with Crippen LogP contribution in [0.25, 0.3) is 0 Å². The number of nitrogens with zero attached hydrogens (tertiary/aromatic N) is 1. The van der Waals surface area contributed by atoms with E-state index in [9.17, 15) is 4.79 Å². The zero-order chi connectivity index (χ0) is 10.9. The summed E-state index contributed by atoms with van der Waals surface area (Å²) in [7, 11) is 0. The van der Waals surface area contributed by atoms with Crippen LogP contribution in [0.2, 0.25) is 0 Å². The smallest absolute Gasteiger partial charge is 0.230 e. The van der Waals surface area contributed by atoms with E-state index in [1.165, 1.54) is 0 Å². The molecule has 1 amide bonds. The summed E-state index contributed by atoms with van der Waals surface area (Å²) < 4.78 is 5.44. The standard InChI is InChI=1S/C11H20N2O2.ClH/c1-9-7-13(5-6-15-9)10(14)11(2)3-4-12-8-11;/h9,12H,3-8H2,1-2H3;1H. The number of carbonyl (C=O) groups is 1. The van der Waals surface area contributed by atoms with Crippen molar-refractivity contribution in [1.82, 2.24) is 10.2 Å². The summed E-state index contributed by atoms with van der Waals surface area (Å²) in [6.45, 7) is 8.04. The molecule has 2 atom stereocenters. The van der Waals surface area contributed by atoms with Crippen LogP contribution in [0.15, 0.2) is 0 Å². The number of hydrogen-bond donors (Lipinski definition) is 1. The van der Waals surface area contributed by atoms with E-state index < -0.39 is 0 Å². The lowest BCUT2D eigenvalue weighted by Crippen LogP contribution is -2.50. The highest BCUT2D eigenvalue weighted by atomic mass is 35.5. The molecule has 2 aliphatic rings. The fourth-order valence-electron chi connectivity index (χ4n) is 2.38. The van der Waals surface area contributed by atoms with Crippen molar-refractivity contribution >= 4 is 18.3 Å². The summed E-state index contributed by atoms with van der Waals surface area (Å²) in [5.74, 6) is 0.294. The Morgan fingerprint density at radius 2 is 2.31 bits per heavy atom. The van der Waals surface area contributed by atoms with E-state index in [0.717, 1.165) is 32.6 Å². The minimum absolute atomic E-state index is 0. The predicted molar refractivity (Wildman–Crippen MR) is 64.8 cm³/mol. The molecule has 0 spiro atoms. The van der Waals surface area contributed by atoms with Gasteiger partial charge in [0.15, 0.2) is 0 Å². The number of amides is 1. The Hall–Kier alpha value is -0.320. The molecule has 2 fully saturated rings. The first-order chi connectivity index (χ1) is 7.12. The summed E-state index contributed by atoms with van der Waals surface area (Å²) in [5, 5.41) is 3.27. The molecule has 2 unspecified atom stereocenters. The van der Waals surface area contributed by atoms with Gasteiger partial charge in [-0.25, -0.2) is 0 Å². The number of ether oxygens (including phenoxy) is 1. The van der Waals surface area contributed by atoms with Crippen molar-refractivity contribution in [1.29, 1.82) is 0 Å². The molecule has 5 heteroatoms. The molecule has 94 valence electrons. The van der Waals surface area contributed by atoms with Crippen molar-refractivity contribution in [2.45, 2.75) is 26.4 Å². The van der Waals surface area contributed by atoms with E-state index in [1.807, 2.05) is 11.8 Å². The molecule has 0 radical (unpaired) electrons. The summed E-state index contributed by atoms with van der Waals surface area (Å²) in [5.41, 5.74) is -0.183. The Morgan fingerprint density at radius 3 is 2.88 bits per heavy atom. The molecular formula is C11H21ClN2O2. The van der Waals surface area contributed by atoms with Gasteiger partial charge in [0.1, 0.15) is 0 Å². The Labute approximate surface area is 103 Å². The molecule has 2 saturated heterocycles. The Balaban J connectivity index is 0.00000128. The number of morpholine rings is 1. The molecule has 0 aromatic carbocycles. The highest BCUT2D eigenvalue weighted by molar-refractivity contribution is 5.85. The van der Waals surface area contributed by atoms with Gasteiger partial charge in [-0.15, -0.1) is 12.4 Å². The zero-order valence-electron chi connectivity index (χ0n) is 9.99. The molecule has 0 aliphatic carbocycles. The third-order valence-electron chi connectivity index (χ3n) is 3.41. The number of rotatable bonds is 1. The minimum atomic E-state index is -0.183. The normalized spacial score (nSPS) is 34.6. The third-order valence-corrected chi connectivity index (χ3v) is 3.41. The van der Waals surface area contributed by atoms with Crippen LogP contribution >= 0.6 is 12.4 Å². The Kier molecular flexibility index (Phi) is 4.59. The lowest BCUT2D eigenvalue weighted by Gasteiger charge is -2.36. The summed E-state index contributed by atoms with van der Waals surface area (Å²) in [6.07, 6.45) is 1.14. The quantitative estimate of drug-likeness (QED) is 0.741. The predicted octanol–water partition coefficient (Wildman–Crippen LogP) is 0.655. The van der Waals surface area contributed by atoms with E-state index in [2.05, 4.69) is 12.2 Å². The fourth-order valence-corrected chi connectivity index (χ4v) is 2.38. The SMILES string of the molecule is CC1CN(C(=O)C2(C)CCNC2)CCO1.Cl. The van der Waals surface area contributed by atoms with Crippen LogP contribution in [0.5, 0.6) is 0 Å². The van der Waals surface area contributed by atoms with Gasteiger partial charge in [0.25, 0.3) is 0 Å². The molecule has 1 N–H and O–H groups in total. The van der Waals surface area contributed by atoms with Crippen LogP contribution in [0.4, 0.5) is 0 Å².